The molecular weight excluding hydrogens is 228 g/mol. The zero-order valence-corrected chi connectivity index (χ0v) is 9.84. The zero-order chi connectivity index (χ0) is 13.6. The van der Waals surface area contributed by atoms with Gasteiger partial charge in [-0.25, -0.2) is 0 Å². The van der Waals surface area contributed by atoms with E-state index in [4.69, 9.17) is 15.9 Å². The van der Waals surface area contributed by atoms with Crippen molar-refractivity contribution in [1.29, 1.82) is 0 Å². The highest BCUT2D eigenvalue weighted by Gasteiger charge is 2.23. The van der Waals surface area contributed by atoms with Crippen LogP contribution in [-0.2, 0) is 14.4 Å². The third-order valence-corrected chi connectivity index (χ3v) is 2.52. The van der Waals surface area contributed by atoms with E-state index < -0.39 is 35.8 Å². The van der Waals surface area contributed by atoms with E-state index in [-0.39, 0.29) is 12.8 Å². The first-order chi connectivity index (χ1) is 7.75. The highest BCUT2D eigenvalue weighted by atomic mass is 16.4. The van der Waals surface area contributed by atoms with Crippen LogP contribution in [0.25, 0.3) is 0 Å². The maximum atomic E-state index is 11.5. The van der Waals surface area contributed by atoms with E-state index in [0.29, 0.717) is 0 Å². The maximum absolute atomic E-state index is 11.5. The van der Waals surface area contributed by atoms with E-state index in [1.54, 1.807) is 6.92 Å². The SMILES string of the molecule is CC(NC(=O)C(N)CCC(=O)O)C(C)C(=O)O. The van der Waals surface area contributed by atoms with Crippen molar-refractivity contribution in [1.82, 2.24) is 5.32 Å². The number of nitrogens with two attached hydrogens (primary N) is 1. The first-order valence-electron chi connectivity index (χ1n) is 5.26. The van der Waals surface area contributed by atoms with E-state index in [0.717, 1.165) is 0 Å². The van der Waals surface area contributed by atoms with Gasteiger partial charge in [-0.1, -0.05) is 0 Å². The summed E-state index contributed by atoms with van der Waals surface area (Å²) in [7, 11) is 0. The van der Waals surface area contributed by atoms with Gasteiger partial charge in [-0.2, -0.15) is 0 Å². The number of carbonyl (C=O) groups is 3. The Kier molecular flexibility index (Phi) is 6.19. The van der Waals surface area contributed by atoms with Gasteiger partial charge in [0.1, 0.15) is 0 Å². The van der Waals surface area contributed by atoms with Gasteiger partial charge in [-0.3, -0.25) is 14.4 Å². The fraction of sp³-hybridized carbons (Fsp3) is 0.700. The van der Waals surface area contributed by atoms with Gasteiger partial charge >= 0.3 is 11.9 Å². The summed E-state index contributed by atoms with van der Waals surface area (Å²) < 4.78 is 0. The second-order valence-corrected chi connectivity index (χ2v) is 3.96. The fourth-order valence-electron chi connectivity index (χ4n) is 1.08. The molecular formula is C10H18N2O5. The Morgan fingerprint density at radius 3 is 2.18 bits per heavy atom. The number of carboxylic acid groups (broad SMARTS) is 2. The van der Waals surface area contributed by atoms with E-state index >= 15 is 0 Å². The van der Waals surface area contributed by atoms with Crippen LogP contribution in [0.15, 0.2) is 0 Å². The molecule has 3 unspecified atom stereocenters. The minimum Gasteiger partial charge on any atom is -0.481 e. The standard InChI is InChI=1S/C10H18N2O5/c1-5(10(16)17)6(2)12-9(15)7(11)3-4-8(13)14/h5-7H,3-4,11H2,1-2H3,(H,12,15)(H,13,14)(H,16,17). The molecule has 0 heterocycles. The van der Waals surface area contributed by atoms with Crippen LogP contribution in [0.1, 0.15) is 26.7 Å². The molecule has 0 saturated heterocycles. The molecule has 98 valence electrons. The molecule has 0 saturated carbocycles. The molecule has 17 heavy (non-hydrogen) atoms. The van der Waals surface area contributed by atoms with Gasteiger partial charge in [0, 0.05) is 12.5 Å². The summed E-state index contributed by atoms with van der Waals surface area (Å²) in [4.78, 5) is 32.4. The van der Waals surface area contributed by atoms with E-state index in [1.807, 2.05) is 0 Å². The van der Waals surface area contributed by atoms with Crippen molar-refractivity contribution in [2.24, 2.45) is 11.7 Å². The Balaban J connectivity index is 4.15. The molecule has 0 aliphatic rings. The van der Waals surface area contributed by atoms with Gasteiger partial charge in [0.15, 0.2) is 0 Å². The van der Waals surface area contributed by atoms with Crippen molar-refractivity contribution in [2.45, 2.75) is 38.8 Å². The van der Waals surface area contributed by atoms with Crippen LogP contribution < -0.4 is 11.1 Å². The summed E-state index contributed by atoms with van der Waals surface area (Å²) >= 11 is 0. The zero-order valence-electron chi connectivity index (χ0n) is 9.84. The second-order valence-electron chi connectivity index (χ2n) is 3.96. The van der Waals surface area contributed by atoms with Gasteiger partial charge in [0.05, 0.1) is 12.0 Å². The third kappa shape index (κ3) is 5.86. The molecule has 5 N–H and O–H groups in total. The van der Waals surface area contributed by atoms with Crippen LogP contribution >= 0.6 is 0 Å². The van der Waals surface area contributed by atoms with Crippen LogP contribution in [-0.4, -0.2) is 40.1 Å². The normalized spacial score (nSPS) is 15.7. The van der Waals surface area contributed by atoms with Crippen LogP contribution in [0.4, 0.5) is 0 Å². The number of amides is 1. The molecule has 7 nitrogen and oxygen atoms in total. The highest BCUT2D eigenvalue weighted by Crippen LogP contribution is 2.03. The monoisotopic (exact) mass is 246 g/mol. The topological polar surface area (TPSA) is 130 Å². The van der Waals surface area contributed by atoms with Crippen LogP contribution in [0.3, 0.4) is 0 Å². The number of nitrogens with one attached hydrogen (secondary N) is 1. The molecule has 0 aromatic heterocycles. The first-order valence-corrected chi connectivity index (χ1v) is 5.26. The summed E-state index contributed by atoms with van der Waals surface area (Å²) in [5.41, 5.74) is 5.47. The molecule has 0 bridgehead atoms. The Morgan fingerprint density at radius 2 is 1.76 bits per heavy atom. The molecule has 0 spiro atoms. The number of aliphatic carboxylic acids is 2. The van der Waals surface area contributed by atoms with Crippen LogP contribution in [0.2, 0.25) is 0 Å². The van der Waals surface area contributed by atoms with Crippen LogP contribution in [0, 0.1) is 5.92 Å². The quantitative estimate of drug-likeness (QED) is 0.474. The van der Waals surface area contributed by atoms with Crippen molar-refractivity contribution in [3.63, 3.8) is 0 Å². The number of rotatable bonds is 7. The molecule has 1 amide bonds. The third-order valence-electron chi connectivity index (χ3n) is 2.52. The first kappa shape index (κ1) is 15.4. The largest absolute Gasteiger partial charge is 0.481 e. The summed E-state index contributed by atoms with van der Waals surface area (Å²) in [6.07, 6.45) is -0.174. The molecule has 7 heteroatoms. The summed E-state index contributed by atoms with van der Waals surface area (Å²) in [6, 6.07) is -1.49. The molecule has 0 aliphatic heterocycles. The minimum absolute atomic E-state index is 0.0232. The van der Waals surface area contributed by atoms with E-state index in [9.17, 15) is 14.4 Å². The lowest BCUT2D eigenvalue weighted by molar-refractivity contribution is -0.142. The Morgan fingerprint density at radius 1 is 1.24 bits per heavy atom. The second kappa shape index (κ2) is 6.85. The Labute approximate surface area is 99.0 Å². The van der Waals surface area contributed by atoms with Crippen molar-refractivity contribution < 1.29 is 24.6 Å². The van der Waals surface area contributed by atoms with Gasteiger partial charge in [-0.15, -0.1) is 0 Å². The summed E-state index contributed by atoms with van der Waals surface area (Å²) in [6.45, 7) is 3.02. The molecule has 0 aliphatic carbocycles. The number of hydrogen-bond acceptors (Lipinski definition) is 4. The van der Waals surface area contributed by atoms with Gasteiger partial charge in [0.25, 0.3) is 0 Å². The molecule has 0 radical (unpaired) electrons. The van der Waals surface area contributed by atoms with Crippen LogP contribution in [0.5, 0.6) is 0 Å². The molecule has 0 aromatic carbocycles. The fourth-order valence-corrected chi connectivity index (χ4v) is 1.08. The Bertz CT molecular complexity index is 305. The van der Waals surface area contributed by atoms with Crippen molar-refractivity contribution in [3.05, 3.63) is 0 Å². The average molecular weight is 246 g/mol. The van der Waals surface area contributed by atoms with E-state index in [1.165, 1.54) is 6.92 Å². The minimum atomic E-state index is -1.03. The molecule has 0 aromatic rings. The highest BCUT2D eigenvalue weighted by molar-refractivity contribution is 5.83. The predicted molar refractivity (Wildman–Crippen MR) is 59.2 cm³/mol. The summed E-state index contributed by atoms with van der Waals surface area (Å²) in [5.74, 6) is -3.31. The van der Waals surface area contributed by atoms with Crippen molar-refractivity contribution in [3.8, 4) is 0 Å². The Hall–Kier alpha value is -1.63. The van der Waals surface area contributed by atoms with Crippen molar-refractivity contribution >= 4 is 17.8 Å². The smallest absolute Gasteiger partial charge is 0.308 e. The predicted octanol–water partition coefficient (Wildman–Crippen LogP) is -0.596. The average Bonchev–Trinajstić information content (AvgIpc) is 2.24. The number of carboxylic acids is 2. The van der Waals surface area contributed by atoms with Crippen molar-refractivity contribution in [2.75, 3.05) is 0 Å². The lowest BCUT2D eigenvalue weighted by Gasteiger charge is -2.20. The molecule has 0 fully saturated rings. The molecule has 3 atom stereocenters. The maximum Gasteiger partial charge on any atom is 0.308 e. The van der Waals surface area contributed by atoms with Gasteiger partial charge in [-0.05, 0) is 20.3 Å². The lowest BCUT2D eigenvalue weighted by atomic mass is 10.0. The van der Waals surface area contributed by atoms with E-state index in [2.05, 4.69) is 5.32 Å². The van der Waals surface area contributed by atoms with Gasteiger partial charge < -0.3 is 21.3 Å². The molecule has 0 rings (SSSR count). The summed E-state index contributed by atoms with van der Waals surface area (Å²) in [5, 5.41) is 19.6. The van der Waals surface area contributed by atoms with Gasteiger partial charge in [0.2, 0.25) is 5.91 Å². The number of hydrogen-bond donors (Lipinski definition) is 4. The number of carbonyl (C=O) groups excluding carboxylic acids is 1. The lowest BCUT2D eigenvalue weighted by Crippen LogP contribution is -2.47.